The summed E-state index contributed by atoms with van der Waals surface area (Å²) in [4.78, 5) is 0. The van der Waals surface area contributed by atoms with E-state index in [-0.39, 0.29) is 105 Å². The maximum Gasteiger partial charge on any atom is 0.414 e. The molecule has 10 aromatic carbocycles. The Morgan fingerprint density at radius 1 is 0.329 bits per heavy atom. The van der Waals surface area contributed by atoms with Crippen LogP contribution in [0.1, 0.15) is 36.2 Å². The second-order valence-corrected chi connectivity index (χ2v) is 23.8. The number of hydrogen-bond donors (Lipinski definition) is 4. The zero-order valence-corrected chi connectivity index (χ0v) is 48.5. The van der Waals surface area contributed by atoms with E-state index in [1.54, 1.807) is 36.4 Å². The molecule has 0 aliphatic heterocycles. The van der Waals surface area contributed by atoms with E-state index in [0.717, 1.165) is 64.5 Å². The molecule has 0 aliphatic carbocycles. The average Bonchev–Trinajstić information content (AvgIpc) is 3.67. The minimum atomic E-state index is -4.68. The van der Waals surface area contributed by atoms with Crippen molar-refractivity contribution in [1.82, 2.24) is 0 Å². The molecule has 10 aromatic rings. The third kappa shape index (κ3) is 16.5. The Morgan fingerprint density at radius 2 is 0.561 bits per heavy atom. The molecule has 0 radical (unpaired) electrons. The summed E-state index contributed by atoms with van der Waals surface area (Å²) < 4.78 is 104. The number of aliphatic hydroxyl groups excluding tert-OH is 4. The van der Waals surface area contributed by atoms with Gasteiger partial charge in [0.15, 0.2) is 26.5 Å². The predicted octanol–water partition coefficient (Wildman–Crippen LogP) is 11.4. The van der Waals surface area contributed by atoms with Crippen molar-refractivity contribution in [3.05, 3.63) is 266 Å². The first-order chi connectivity index (χ1) is 37.4. The molecule has 4 unspecified atom stereocenters. The van der Waals surface area contributed by atoms with Gasteiger partial charge in [-0.15, -0.1) is 0 Å². The molecule has 0 saturated carbocycles. The van der Waals surface area contributed by atoms with Crippen LogP contribution in [0.4, 0.5) is 26.3 Å². The fourth-order valence-corrected chi connectivity index (χ4v) is 15.0. The van der Waals surface area contributed by atoms with Gasteiger partial charge in [0.2, 0.25) is 0 Å². The largest absolute Gasteiger partial charge is 0.414 e. The molecule has 0 spiro atoms. The molecule has 0 saturated heterocycles. The van der Waals surface area contributed by atoms with Gasteiger partial charge in [-0.2, -0.15) is 26.3 Å². The zero-order chi connectivity index (χ0) is 55.5. The first-order valence-electron chi connectivity index (χ1n) is 24.9. The summed E-state index contributed by atoms with van der Waals surface area (Å²) in [6.07, 6.45) is -18.4. The summed E-state index contributed by atoms with van der Waals surface area (Å²) in [5.41, 5.74) is 2.42. The summed E-state index contributed by atoms with van der Waals surface area (Å²) in [5, 5.41) is 44.7. The van der Waals surface area contributed by atoms with Gasteiger partial charge in [0, 0.05) is 150 Å². The standard InChI is InChI=1S/C44H32O2P2.2C10H11F3O2.2H2O.2Yb/c45-47(35-19-5-1-6-20-35,36-21-7-2-8-22-36)41-31-29-33-17-13-15-27-39(33)43(41)44-40-28-16-14-18-34(40)30-32-42(44)48(46,37-23-9-3-10-24-37)38-25-11-4-12-26-38;2*11-10(12,13)9(15)6-8(14)7-4-2-1-3-5-7;;;;/h1-32H;2*1-5,8-9,14-15H,6H2;2*1H2;;. The van der Waals surface area contributed by atoms with Crippen LogP contribution in [-0.2, 0) is 9.13 Å². The van der Waals surface area contributed by atoms with Crippen molar-refractivity contribution in [2.75, 3.05) is 0 Å². The van der Waals surface area contributed by atoms with E-state index < -0.39 is 63.9 Å². The molecule has 0 bridgehead atoms. The van der Waals surface area contributed by atoms with Crippen LogP contribution >= 0.6 is 14.3 Å². The van der Waals surface area contributed by atoms with Crippen molar-refractivity contribution in [2.24, 2.45) is 0 Å². The molecule has 82 heavy (non-hydrogen) atoms. The number of alkyl halides is 6. The van der Waals surface area contributed by atoms with Crippen LogP contribution in [0.25, 0.3) is 32.7 Å². The second kappa shape index (κ2) is 31.6. The zero-order valence-electron chi connectivity index (χ0n) is 43.3. The van der Waals surface area contributed by atoms with Crippen molar-refractivity contribution in [3.63, 3.8) is 0 Å². The average molecular weight is 1480 g/mol. The van der Waals surface area contributed by atoms with Crippen LogP contribution in [0, 0.1) is 93.8 Å². The predicted molar refractivity (Wildman–Crippen MR) is 309 cm³/mol. The molecular weight excluding hydrogens is 1420 g/mol. The molecule has 8 nitrogen and oxygen atoms in total. The Morgan fingerprint density at radius 3 is 0.817 bits per heavy atom. The first kappa shape index (κ1) is 70.0. The van der Waals surface area contributed by atoms with Crippen LogP contribution < -0.4 is 31.8 Å². The van der Waals surface area contributed by atoms with E-state index >= 15 is 9.13 Å². The van der Waals surface area contributed by atoms with Gasteiger partial charge in [-0.3, -0.25) is 0 Å². The normalized spacial score (nSPS) is 12.9. The number of aliphatic hydroxyl groups is 4. The van der Waals surface area contributed by atoms with Crippen LogP contribution in [0.5, 0.6) is 0 Å². The Balaban J connectivity index is 0.000000351. The maximum absolute atomic E-state index is 16.2. The van der Waals surface area contributed by atoms with Gasteiger partial charge in [0.1, 0.15) is 0 Å². The van der Waals surface area contributed by atoms with E-state index in [0.29, 0.717) is 11.1 Å². The molecule has 0 aliphatic rings. The number of halogens is 6. The van der Waals surface area contributed by atoms with Crippen molar-refractivity contribution in [3.8, 4) is 11.1 Å². The molecule has 4 atom stereocenters. The molecule has 442 valence electrons. The number of hydrogen-bond acceptors (Lipinski definition) is 6. The van der Waals surface area contributed by atoms with Gasteiger partial charge in [0.25, 0.3) is 0 Å². The Kier molecular flexibility index (Phi) is 27.0. The summed E-state index contributed by atoms with van der Waals surface area (Å²) in [7, 11) is -6.94. The maximum atomic E-state index is 16.2. The molecule has 10 rings (SSSR count). The molecule has 0 fully saturated rings. The van der Waals surface area contributed by atoms with Crippen LogP contribution in [-0.4, -0.2) is 55.9 Å². The van der Waals surface area contributed by atoms with Crippen LogP contribution in [0.3, 0.4) is 0 Å². The molecule has 0 amide bonds. The van der Waals surface area contributed by atoms with Gasteiger partial charge >= 0.3 is 12.4 Å². The van der Waals surface area contributed by atoms with E-state index in [9.17, 15) is 36.6 Å². The van der Waals surface area contributed by atoms with Gasteiger partial charge in [-0.05, 0) is 44.8 Å². The monoisotopic (exact) mass is 1480 g/mol. The van der Waals surface area contributed by atoms with E-state index in [1.165, 1.54) is 24.3 Å². The Hall–Kier alpha value is -4.44. The minimum absolute atomic E-state index is 0. The SMILES string of the molecule is O.O.O=P(c1ccccc1)(c1ccccc1)c1ccc2ccccc2c1-c1c(P(=O)(c2ccccc2)c2ccccc2)ccc2ccccc12.OC(CC(O)C(F)(F)F)c1ccccc1.OC(CC(O)C(F)(F)F)c1ccccc1.[Yb].[Yb]. The second-order valence-electron chi connectivity index (χ2n) is 18.4. The third-order valence-electron chi connectivity index (χ3n) is 13.2. The van der Waals surface area contributed by atoms with Crippen molar-refractivity contribution >= 4 is 67.7 Å². The van der Waals surface area contributed by atoms with E-state index in [2.05, 4.69) is 36.4 Å². The first-order valence-corrected chi connectivity index (χ1v) is 28.3. The van der Waals surface area contributed by atoms with Crippen molar-refractivity contribution in [2.45, 2.75) is 49.6 Å². The topological polar surface area (TPSA) is 178 Å². The van der Waals surface area contributed by atoms with Gasteiger partial charge in [0.05, 0.1) is 12.2 Å². The van der Waals surface area contributed by atoms with Gasteiger partial charge in [-0.25, -0.2) is 0 Å². The van der Waals surface area contributed by atoms with Gasteiger partial charge < -0.3 is 40.5 Å². The molecule has 8 N–H and O–H groups in total. The number of benzene rings is 10. The Bertz CT molecular complexity index is 3320. The Labute approximate surface area is 548 Å². The summed E-state index contributed by atoms with van der Waals surface area (Å²) in [6.45, 7) is 0. The smallest absolute Gasteiger partial charge is 0.412 e. The quantitative estimate of drug-likeness (QED) is 0.0659. The molecule has 18 heteroatoms. The van der Waals surface area contributed by atoms with E-state index in [1.807, 2.05) is 158 Å². The fraction of sp³-hybridized carbons (Fsp3) is 0.125. The van der Waals surface area contributed by atoms with Gasteiger partial charge in [-0.1, -0.05) is 243 Å². The van der Waals surface area contributed by atoms with Crippen molar-refractivity contribution < 1.29 is 161 Å². The third-order valence-corrected chi connectivity index (χ3v) is 19.4. The van der Waals surface area contributed by atoms with Crippen LogP contribution in [0.15, 0.2) is 255 Å². The summed E-state index contributed by atoms with van der Waals surface area (Å²) >= 11 is 0. The summed E-state index contributed by atoms with van der Waals surface area (Å²) in [6, 6.07) is 79.8. The molecular formula is C64H58F6O8P2Yb2. The molecule has 0 aromatic heterocycles. The minimum Gasteiger partial charge on any atom is -0.412 e. The number of fused-ring (bicyclic) bond motifs is 2. The van der Waals surface area contributed by atoms with E-state index in [4.69, 9.17) is 10.2 Å². The fourth-order valence-electron chi connectivity index (χ4n) is 9.29. The van der Waals surface area contributed by atoms with Crippen LogP contribution in [0.2, 0.25) is 0 Å². The number of rotatable bonds is 13. The van der Waals surface area contributed by atoms with Crippen molar-refractivity contribution in [1.29, 1.82) is 0 Å². The summed E-state index contributed by atoms with van der Waals surface area (Å²) in [5.74, 6) is 0. The molecule has 0 heterocycles.